The summed E-state index contributed by atoms with van der Waals surface area (Å²) < 4.78 is 5.71. The summed E-state index contributed by atoms with van der Waals surface area (Å²) in [7, 11) is 1.78. The van der Waals surface area contributed by atoms with E-state index in [4.69, 9.17) is 4.74 Å². The van der Waals surface area contributed by atoms with Crippen LogP contribution in [0.5, 0.6) is 5.75 Å². The van der Waals surface area contributed by atoms with E-state index in [2.05, 4.69) is 47.9 Å². The van der Waals surface area contributed by atoms with Gasteiger partial charge in [-0.05, 0) is 29.9 Å². The summed E-state index contributed by atoms with van der Waals surface area (Å²) >= 11 is 1.81. The van der Waals surface area contributed by atoms with E-state index in [9.17, 15) is 0 Å². The van der Waals surface area contributed by atoms with Crippen LogP contribution < -0.4 is 15.4 Å². The quantitative estimate of drug-likeness (QED) is 0.440. The second-order valence-electron chi connectivity index (χ2n) is 4.99. The lowest BCUT2D eigenvalue weighted by Gasteiger charge is -2.12. The maximum atomic E-state index is 5.71. The summed E-state index contributed by atoms with van der Waals surface area (Å²) in [6, 6.07) is 8.30. The van der Waals surface area contributed by atoms with Gasteiger partial charge in [-0.1, -0.05) is 26.0 Å². The van der Waals surface area contributed by atoms with Gasteiger partial charge in [-0.25, -0.2) is 0 Å². The van der Waals surface area contributed by atoms with Crippen molar-refractivity contribution in [2.45, 2.75) is 19.8 Å². The van der Waals surface area contributed by atoms with E-state index >= 15 is 0 Å². The van der Waals surface area contributed by atoms with E-state index in [1.165, 1.54) is 5.56 Å². The maximum Gasteiger partial charge on any atom is 0.191 e. The standard InChI is InChI=1S/C16H27N3OS/c1-13(2)14-5-7-15(8-6-14)20-11-9-18-16(17-3)19-10-12-21-4/h5-8,13H,9-12H2,1-4H3,(H2,17,18,19). The van der Waals surface area contributed by atoms with Gasteiger partial charge in [0.15, 0.2) is 5.96 Å². The number of nitrogens with one attached hydrogen (secondary N) is 2. The van der Waals surface area contributed by atoms with Gasteiger partial charge in [-0.2, -0.15) is 11.8 Å². The third-order valence-corrected chi connectivity index (χ3v) is 3.64. The summed E-state index contributed by atoms with van der Waals surface area (Å²) in [6.07, 6.45) is 2.09. The Hall–Kier alpha value is -1.36. The molecule has 0 aliphatic heterocycles. The fourth-order valence-electron chi connectivity index (χ4n) is 1.78. The van der Waals surface area contributed by atoms with Crippen molar-refractivity contribution in [2.24, 2.45) is 4.99 Å². The number of aliphatic imine (C=N–C) groups is 1. The minimum atomic E-state index is 0.552. The molecule has 0 bridgehead atoms. The first-order valence-electron chi connectivity index (χ1n) is 7.33. The highest BCUT2D eigenvalue weighted by Crippen LogP contribution is 2.18. The molecule has 0 saturated heterocycles. The van der Waals surface area contributed by atoms with Crippen LogP contribution in [0.4, 0.5) is 0 Å². The van der Waals surface area contributed by atoms with Gasteiger partial charge in [0.2, 0.25) is 0 Å². The Kier molecular flexibility index (Phi) is 8.74. The molecule has 21 heavy (non-hydrogen) atoms. The monoisotopic (exact) mass is 309 g/mol. The maximum absolute atomic E-state index is 5.71. The topological polar surface area (TPSA) is 45.7 Å². The molecule has 0 heterocycles. The zero-order valence-electron chi connectivity index (χ0n) is 13.5. The molecule has 0 atom stereocenters. The predicted octanol–water partition coefficient (Wildman–Crippen LogP) is 2.72. The Morgan fingerprint density at radius 1 is 1.19 bits per heavy atom. The molecule has 118 valence electrons. The predicted molar refractivity (Wildman–Crippen MR) is 93.8 cm³/mol. The van der Waals surface area contributed by atoms with Gasteiger partial charge in [0, 0.05) is 19.3 Å². The minimum Gasteiger partial charge on any atom is -0.492 e. The molecule has 5 heteroatoms. The lowest BCUT2D eigenvalue weighted by atomic mass is 10.0. The number of ether oxygens (including phenoxy) is 1. The Morgan fingerprint density at radius 2 is 1.86 bits per heavy atom. The summed E-state index contributed by atoms with van der Waals surface area (Å²) in [6.45, 7) is 6.64. The molecule has 2 N–H and O–H groups in total. The Morgan fingerprint density at radius 3 is 2.43 bits per heavy atom. The third-order valence-electron chi connectivity index (χ3n) is 3.03. The van der Waals surface area contributed by atoms with Crippen LogP contribution in [0.3, 0.4) is 0 Å². The largest absolute Gasteiger partial charge is 0.492 e. The van der Waals surface area contributed by atoms with Gasteiger partial charge in [-0.15, -0.1) is 0 Å². The van der Waals surface area contributed by atoms with Crippen molar-refractivity contribution in [1.29, 1.82) is 0 Å². The molecule has 0 amide bonds. The third kappa shape index (κ3) is 7.27. The van der Waals surface area contributed by atoms with Crippen molar-refractivity contribution < 1.29 is 4.74 Å². The van der Waals surface area contributed by atoms with Crippen LogP contribution in [0.15, 0.2) is 29.3 Å². The Balaban J connectivity index is 2.23. The van der Waals surface area contributed by atoms with Crippen LogP contribution >= 0.6 is 11.8 Å². The van der Waals surface area contributed by atoms with Crippen LogP contribution in [-0.2, 0) is 0 Å². The fraction of sp³-hybridized carbons (Fsp3) is 0.562. The van der Waals surface area contributed by atoms with Gasteiger partial charge in [0.25, 0.3) is 0 Å². The Labute approximate surface area is 132 Å². The van der Waals surface area contributed by atoms with E-state index in [1.54, 1.807) is 7.05 Å². The molecule has 0 aliphatic rings. The van der Waals surface area contributed by atoms with Gasteiger partial charge >= 0.3 is 0 Å². The molecule has 0 radical (unpaired) electrons. The lowest BCUT2D eigenvalue weighted by Crippen LogP contribution is -2.40. The number of benzene rings is 1. The molecule has 0 fully saturated rings. The molecular weight excluding hydrogens is 282 g/mol. The van der Waals surface area contributed by atoms with Crippen LogP contribution in [0.1, 0.15) is 25.3 Å². The second kappa shape index (κ2) is 10.4. The number of guanidine groups is 1. The lowest BCUT2D eigenvalue weighted by molar-refractivity contribution is 0.322. The van der Waals surface area contributed by atoms with Crippen LogP contribution in [0, 0.1) is 0 Å². The van der Waals surface area contributed by atoms with Crippen molar-refractivity contribution in [3.8, 4) is 5.75 Å². The van der Waals surface area contributed by atoms with E-state index in [0.29, 0.717) is 12.5 Å². The fourth-order valence-corrected chi connectivity index (χ4v) is 2.09. The summed E-state index contributed by atoms with van der Waals surface area (Å²) in [5.41, 5.74) is 1.33. The molecule has 1 aromatic rings. The second-order valence-corrected chi connectivity index (χ2v) is 5.98. The average molecular weight is 309 g/mol. The molecule has 0 spiro atoms. The average Bonchev–Trinajstić information content (AvgIpc) is 2.50. The van der Waals surface area contributed by atoms with Crippen LogP contribution in [0.25, 0.3) is 0 Å². The number of rotatable bonds is 8. The molecule has 0 aliphatic carbocycles. The number of hydrogen-bond donors (Lipinski definition) is 2. The summed E-state index contributed by atoms with van der Waals surface area (Å²) in [4.78, 5) is 4.17. The number of hydrogen-bond acceptors (Lipinski definition) is 3. The van der Waals surface area contributed by atoms with Gasteiger partial charge in [0.1, 0.15) is 12.4 Å². The first-order valence-corrected chi connectivity index (χ1v) is 8.73. The highest BCUT2D eigenvalue weighted by atomic mass is 32.2. The van der Waals surface area contributed by atoms with Gasteiger partial charge in [0.05, 0.1) is 6.54 Å². The highest BCUT2D eigenvalue weighted by Gasteiger charge is 2.00. The van der Waals surface area contributed by atoms with Crippen molar-refractivity contribution in [3.63, 3.8) is 0 Å². The molecule has 0 saturated carbocycles. The van der Waals surface area contributed by atoms with Crippen molar-refractivity contribution >= 4 is 17.7 Å². The van der Waals surface area contributed by atoms with Crippen molar-refractivity contribution in [1.82, 2.24) is 10.6 Å². The first-order chi connectivity index (χ1) is 10.2. The van der Waals surface area contributed by atoms with E-state index < -0.39 is 0 Å². The van der Waals surface area contributed by atoms with E-state index in [1.807, 2.05) is 23.9 Å². The zero-order valence-corrected chi connectivity index (χ0v) is 14.3. The normalized spacial score (nSPS) is 11.6. The molecule has 1 aromatic carbocycles. The van der Waals surface area contributed by atoms with E-state index in [0.717, 1.165) is 30.6 Å². The number of nitrogens with zero attached hydrogens (tertiary/aromatic N) is 1. The number of thioether (sulfide) groups is 1. The van der Waals surface area contributed by atoms with E-state index in [-0.39, 0.29) is 0 Å². The first kappa shape index (κ1) is 17.7. The van der Waals surface area contributed by atoms with Crippen molar-refractivity contribution in [2.75, 3.05) is 38.8 Å². The molecule has 4 nitrogen and oxygen atoms in total. The van der Waals surface area contributed by atoms with Crippen LogP contribution in [-0.4, -0.2) is 44.7 Å². The zero-order chi connectivity index (χ0) is 15.5. The molecule has 0 unspecified atom stereocenters. The smallest absolute Gasteiger partial charge is 0.191 e. The summed E-state index contributed by atoms with van der Waals surface area (Å²) in [5, 5.41) is 6.48. The molecule has 0 aromatic heterocycles. The molecule has 1 rings (SSSR count). The van der Waals surface area contributed by atoms with Gasteiger partial charge < -0.3 is 15.4 Å². The van der Waals surface area contributed by atoms with Crippen LogP contribution in [0.2, 0.25) is 0 Å². The van der Waals surface area contributed by atoms with Gasteiger partial charge in [-0.3, -0.25) is 4.99 Å². The highest BCUT2D eigenvalue weighted by molar-refractivity contribution is 7.98. The Bertz CT molecular complexity index is 418. The summed E-state index contributed by atoms with van der Waals surface area (Å²) in [5.74, 6) is 3.35. The van der Waals surface area contributed by atoms with Crippen molar-refractivity contribution in [3.05, 3.63) is 29.8 Å². The molecular formula is C16H27N3OS. The SMILES string of the molecule is CN=C(NCCOc1ccc(C(C)C)cc1)NCCSC. The minimum absolute atomic E-state index is 0.552.